The topological polar surface area (TPSA) is 29.5 Å². The first-order valence-corrected chi connectivity index (χ1v) is 20.1. The van der Waals surface area contributed by atoms with Gasteiger partial charge in [-0.1, -0.05) is 158 Å². The first-order chi connectivity index (χ1) is 29.2. The summed E-state index contributed by atoms with van der Waals surface area (Å²) in [5.41, 5.74) is 13.5. The lowest BCUT2D eigenvalue weighted by molar-refractivity contribution is 0.670. The van der Waals surface area contributed by atoms with E-state index in [1.54, 1.807) is 0 Å². The fourth-order valence-corrected chi connectivity index (χ4v) is 9.07. The van der Waals surface area contributed by atoms with Gasteiger partial charge in [0, 0.05) is 49.4 Å². The highest BCUT2D eigenvalue weighted by Crippen LogP contribution is 2.45. The fraction of sp³-hybridized carbons (Fsp3) is 0. The van der Waals surface area contributed by atoms with Crippen LogP contribution in [0.2, 0.25) is 0 Å². The lowest BCUT2D eigenvalue weighted by atomic mass is 9.97. The van der Waals surface area contributed by atoms with Crippen molar-refractivity contribution in [3.05, 3.63) is 212 Å². The molecule has 0 bridgehead atoms. The van der Waals surface area contributed by atoms with Crippen LogP contribution in [0.3, 0.4) is 0 Å². The molecule has 12 aromatic rings. The Labute approximate surface area is 340 Å². The summed E-state index contributed by atoms with van der Waals surface area (Å²) >= 11 is 0. The van der Waals surface area contributed by atoms with Crippen molar-refractivity contribution in [2.75, 3.05) is 4.90 Å². The van der Waals surface area contributed by atoms with Crippen LogP contribution in [0.25, 0.3) is 98.8 Å². The van der Waals surface area contributed by atoms with Crippen LogP contribution in [0.5, 0.6) is 0 Å². The van der Waals surface area contributed by atoms with Crippen molar-refractivity contribution in [2.45, 2.75) is 0 Å². The Morgan fingerprint density at radius 3 is 1.78 bits per heavy atom. The lowest BCUT2D eigenvalue weighted by Crippen LogP contribution is -2.11. The standard InChI is InChI=1S/C56H35NO2/c1-3-17-43-36(12-1)14-10-21-44(43)38-26-30-41(31-27-38)57(42-16-9-15-39(34-42)47-22-11-23-49-48-20-6-8-25-53(48)58-56(47)49)52-24-7-5-18-45(52)40-29-33-54-51(35-40)50-32-28-37-13-2-4-19-46(37)55(50)59-54/h1-35H. The molecule has 2 heterocycles. The predicted molar refractivity (Wildman–Crippen MR) is 247 cm³/mol. The third-order valence-electron chi connectivity index (χ3n) is 11.9. The summed E-state index contributed by atoms with van der Waals surface area (Å²) in [7, 11) is 0. The molecular formula is C56H35NO2. The first kappa shape index (κ1) is 33.3. The van der Waals surface area contributed by atoms with E-state index in [4.69, 9.17) is 8.83 Å². The van der Waals surface area contributed by atoms with Gasteiger partial charge in [-0.05, 0) is 93.0 Å². The molecule has 0 N–H and O–H groups in total. The highest BCUT2D eigenvalue weighted by Gasteiger charge is 2.21. The van der Waals surface area contributed by atoms with Crippen LogP contribution >= 0.6 is 0 Å². The van der Waals surface area contributed by atoms with Gasteiger partial charge in [0.25, 0.3) is 0 Å². The Hall–Kier alpha value is -7.88. The third kappa shape index (κ3) is 5.44. The molecule has 276 valence electrons. The van der Waals surface area contributed by atoms with Crippen LogP contribution in [0.4, 0.5) is 17.1 Å². The summed E-state index contributed by atoms with van der Waals surface area (Å²) in [5, 5.41) is 9.23. The summed E-state index contributed by atoms with van der Waals surface area (Å²) in [6.45, 7) is 0. The number of benzene rings is 10. The molecule has 0 atom stereocenters. The molecule has 0 amide bonds. The van der Waals surface area contributed by atoms with Gasteiger partial charge in [-0.15, -0.1) is 0 Å². The average molecular weight is 754 g/mol. The summed E-state index contributed by atoms with van der Waals surface area (Å²) in [5.74, 6) is 0. The molecule has 0 unspecified atom stereocenters. The second-order valence-electron chi connectivity index (χ2n) is 15.2. The van der Waals surface area contributed by atoms with Gasteiger partial charge in [-0.3, -0.25) is 0 Å². The second-order valence-corrected chi connectivity index (χ2v) is 15.2. The minimum atomic E-state index is 0.880. The zero-order chi connectivity index (χ0) is 38.9. The Bertz CT molecular complexity index is 3570. The van der Waals surface area contributed by atoms with Gasteiger partial charge in [0.05, 0.1) is 5.69 Å². The quantitative estimate of drug-likeness (QED) is 0.169. The molecule has 3 nitrogen and oxygen atoms in total. The normalized spacial score (nSPS) is 11.7. The number of fused-ring (bicyclic) bond motifs is 9. The molecule has 0 radical (unpaired) electrons. The second kappa shape index (κ2) is 13.4. The van der Waals surface area contributed by atoms with E-state index in [-0.39, 0.29) is 0 Å². The van der Waals surface area contributed by atoms with Crippen molar-refractivity contribution in [1.29, 1.82) is 0 Å². The minimum Gasteiger partial charge on any atom is -0.455 e. The summed E-state index contributed by atoms with van der Waals surface area (Å²) in [6.07, 6.45) is 0. The van der Waals surface area contributed by atoms with Gasteiger partial charge < -0.3 is 13.7 Å². The SMILES string of the molecule is c1cc(-c2cccc3c2oc2ccccc23)cc(N(c2ccc(-c3cccc4ccccc34)cc2)c2ccccc2-c2ccc3oc4c5ccccc5ccc4c3c2)c1. The molecule has 0 saturated carbocycles. The highest BCUT2D eigenvalue weighted by molar-refractivity contribution is 6.16. The number of para-hydroxylation sites is 3. The van der Waals surface area contributed by atoms with E-state index in [9.17, 15) is 0 Å². The molecular weight excluding hydrogens is 719 g/mol. The van der Waals surface area contributed by atoms with Crippen molar-refractivity contribution in [2.24, 2.45) is 0 Å². The van der Waals surface area contributed by atoms with Gasteiger partial charge >= 0.3 is 0 Å². The number of anilines is 3. The van der Waals surface area contributed by atoms with E-state index in [0.29, 0.717) is 0 Å². The van der Waals surface area contributed by atoms with Crippen LogP contribution < -0.4 is 4.90 Å². The summed E-state index contributed by atoms with van der Waals surface area (Å²) in [6, 6.07) is 75.8. The Morgan fingerprint density at radius 2 is 0.881 bits per heavy atom. The fourth-order valence-electron chi connectivity index (χ4n) is 9.07. The van der Waals surface area contributed by atoms with Crippen molar-refractivity contribution in [3.63, 3.8) is 0 Å². The average Bonchev–Trinajstić information content (AvgIpc) is 3.88. The number of nitrogens with zero attached hydrogens (tertiary/aromatic N) is 1. The maximum absolute atomic E-state index is 6.53. The maximum Gasteiger partial charge on any atom is 0.143 e. The first-order valence-electron chi connectivity index (χ1n) is 20.1. The van der Waals surface area contributed by atoms with Crippen LogP contribution in [0.15, 0.2) is 221 Å². The molecule has 0 spiro atoms. The molecule has 59 heavy (non-hydrogen) atoms. The van der Waals surface area contributed by atoms with Gasteiger partial charge in [0.15, 0.2) is 0 Å². The van der Waals surface area contributed by atoms with Gasteiger partial charge in [-0.2, -0.15) is 0 Å². The molecule has 0 saturated heterocycles. The van der Waals surface area contributed by atoms with Crippen LogP contribution in [-0.2, 0) is 0 Å². The minimum absolute atomic E-state index is 0.880. The van der Waals surface area contributed by atoms with E-state index in [0.717, 1.165) is 88.6 Å². The van der Waals surface area contributed by atoms with Gasteiger partial charge in [0.2, 0.25) is 0 Å². The van der Waals surface area contributed by atoms with Crippen LogP contribution in [0.1, 0.15) is 0 Å². The Kier molecular flexibility index (Phi) is 7.54. The molecule has 0 aliphatic rings. The monoisotopic (exact) mass is 753 g/mol. The van der Waals surface area contributed by atoms with E-state index in [1.807, 2.05) is 12.1 Å². The molecule has 2 aromatic heterocycles. The van der Waals surface area contributed by atoms with E-state index in [2.05, 4.69) is 205 Å². The molecule has 0 aliphatic carbocycles. The van der Waals surface area contributed by atoms with Crippen molar-refractivity contribution in [1.82, 2.24) is 0 Å². The largest absolute Gasteiger partial charge is 0.455 e. The molecule has 10 aromatic carbocycles. The summed E-state index contributed by atoms with van der Waals surface area (Å²) < 4.78 is 13.1. The van der Waals surface area contributed by atoms with E-state index in [1.165, 1.54) is 27.3 Å². The number of furan rings is 2. The van der Waals surface area contributed by atoms with Gasteiger partial charge in [0.1, 0.15) is 22.3 Å². The number of rotatable bonds is 6. The maximum atomic E-state index is 6.53. The molecule has 3 heteroatoms. The smallest absolute Gasteiger partial charge is 0.143 e. The lowest BCUT2D eigenvalue weighted by Gasteiger charge is -2.28. The Balaban J connectivity index is 1.04. The predicted octanol–water partition coefficient (Wildman–Crippen LogP) is 16.3. The number of hydrogen-bond donors (Lipinski definition) is 0. The van der Waals surface area contributed by atoms with Crippen LogP contribution in [0, 0.1) is 0 Å². The Morgan fingerprint density at radius 1 is 0.288 bits per heavy atom. The summed E-state index contributed by atoms with van der Waals surface area (Å²) in [4.78, 5) is 2.38. The van der Waals surface area contributed by atoms with E-state index < -0.39 is 0 Å². The van der Waals surface area contributed by atoms with Crippen molar-refractivity contribution in [3.8, 4) is 33.4 Å². The number of hydrogen-bond acceptors (Lipinski definition) is 3. The van der Waals surface area contributed by atoms with E-state index >= 15 is 0 Å². The molecule has 12 rings (SSSR count). The van der Waals surface area contributed by atoms with Gasteiger partial charge in [-0.25, -0.2) is 0 Å². The molecule has 0 aliphatic heterocycles. The highest BCUT2D eigenvalue weighted by atomic mass is 16.3. The van der Waals surface area contributed by atoms with Crippen molar-refractivity contribution >= 4 is 82.5 Å². The zero-order valence-electron chi connectivity index (χ0n) is 32.0. The van der Waals surface area contributed by atoms with Crippen LogP contribution in [-0.4, -0.2) is 0 Å². The zero-order valence-corrected chi connectivity index (χ0v) is 32.0. The third-order valence-corrected chi connectivity index (χ3v) is 11.9. The van der Waals surface area contributed by atoms with Crippen molar-refractivity contribution < 1.29 is 8.83 Å². The molecule has 0 fully saturated rings.